The number of benzene rings is 1. The van der Waals surface area contributed by atoms with Crippen LogP contribution in [0.3, 0.4) is 0 Å². The van der Waals surface area contributed by atoms with Crippen LogP contribution in [0.5, 0.6) is 0 Å². The highest BCUT2D eigenvalue weighted by atomic mass is 35.5. The van der Waals surface area contributed by atoms with Gasteiger partial charge in [-0.25, -0.2) is 4.98 Å². The van der Waals surface area contributed by atoms with Gasteiger partial charge in [0.1, 0.15) is 5.01 Å². The maximum atomic E-state index is 5.98. The lowest BCUT2D eigenvalue weighted by Gasteiger charge is -2.15. The largest absolute Gasteiger partial charge is 0.327 e. The molecule has 1 aliphatic rings. The van der Waals surface area contributed by atoms with Crippen molar-refractivity contribution in [2.75, 3.05) is 0 Å². The molecule has 0 saturated carbocycles. The number of rotatable bonds is 1. The summed E-state index contributed by atoms with van der Waals surface area (Å²) in [7, 11) is 0. The van der Waals surface area contributed by atoms with Crippen molar-refractivity contribution in [1.82, 2.24) is 4.98 Å². The standard InChI is InChI=1S/C13H13ClN2S/c14-9-3-1-8(2-4-9)13-16-11-6-5-10(15)7-12(11)17-13/h1-4,10H,5-7,15H2. The fourth-order valence-electron chi connectivity index (χ4n) is 2.12. The third-order valence-electron chi connectivity index (χ3n) is 3.07. The zero-order valence-electron chi connectivity index (χ0n) is 9.32. The van der Waals surface area contributed by atoms with E-state index in [2.05, 4.69) is 0 Å². The Hall–Kier alpha value is -0.900. The fourth-order valence-corrected chi connectivity index (χ4v) is 3.45. The Bertz CT molecular complexity index is 533. The predicted molar refractivity (Wildman–Crippen MR) is 72.6 cm³/mol. The molecule has 1 aromatic carbocycles. The first kappa shape index (κ1) is 11.2. The molecule has 88 valence electrons. The molecule has 1 atom stereocenters. The van der Waals surface area contributed by atoms with Gasteiger partial charge >= 0.3 is 0 Å². The van der Waals surface area contributed by atoms with Crippen molar-refractivity contribution in [3.63, 3.8) is 0 Å². The third-order valence-corrected chi connectivity index (χ3v) is 4.49. The average Bonchev–Trinajstić information content (AvgIpc) is 2.72. The van der Waals surface area contributed by atoms with E-state index < -0.39 is 0 Å². The predicted octanol–water partition coefficient (Wildman–Crippen LogP) is 3.28. The molecule has 0 aliphatic heterocycles. The summed E-state index contributed by atoms with van der Waals surface area (Å²) in [6.07, 6.45) is 3.04. The molecule has 0 saturated heterocycles. The maximum Gasteiger partial charge on any atom is 0.123 e. The summed E-state index contributed by atoms with van der Waals surface area (Å²) in [5.41, 5.74) is 8.36. The van der Waals surface area contributed by atoms with Crippen molar-refractivity contribution >= 4 is 22.9 Å². The summed E-state index contributed by atoms with van der Waals surface area (Å²) in [5.74, 6) is 0. The van der Waals surface area contributed by atoms with Crippen LogP contribution in [0.2, 0.25) is 5.02 Å². The van der Waals surface area contributed by atoms with E-state index in [1.165, 1.54) is 10.6 Å². The number of hydrogen-bond donors (Lipinski definition) is 1. The summed E-state index contributed by atoms with van der Waals surface area (Å²) >= 11 is 7.65. The van der Waals surface area contributed by atoms with Crippen molar-refractivity contribution in [1.29, 1.82) is 0 Å². The van der Waals surface area contributed by atoms with Crippen molar-refractivity contribution in [2.45, 2.75) is 25.3 Å². The SMILES string of the molecule is NC1CCc2nc(-c3ccc(Cl)cc3)sc2C1. The summed E-state index contributed by atoms with van der Waals surface area (Å²) in [6, 6.07) is 8.16. The number of thiazole rings is 1. The molecule has 0 fully saturated rings. The number of aryl methyl sites for hydroxylation is 1. The minimum atomic E-state index is 0.306. The number of fused-ring (bicyclic) bond motifs is 1. The van der Waals surface area contributed by atoms with Gasteiger partial charge < -0.3 is 5.73 Å². The second-order valence-electron chi connectivity index (χ2n) is 4.40. The van der Waals surface area contributed by atoms with E-state index in [1.807, 2.05) is 24.3 Å². The summed E-state index contributed by atoms with van der Waals surface area (Å²) in [4.78, 5) is 6.06. The van der Waals surface area contributed by atoms with Crippen molar-refractivity contribution in [2.24, 2.45) is 5.73 Å². The third kappa shape index (κ3) is 2.23. The highest BCUT2D eigenvalue weighted by Crippen LogP contribution is 2.32. The Labute approximate surface area is 109 Å². The number of nitrogens with zero attached hydrogens (tertiary/aromatic N) is 1. The van der Waals surface area contributed by atoms with Crippen LogP contribution >= 0.6 is 22.9 Å². The molecule has 1 aromatic heterocycles. The average molecular weight is 265 g/mol. The van der Waals surface area contributed by atoms with Crippen molar-refractivity contribution in [3.8, 4) is 10.6 Å². The van der Waals surface area contributed by atoms with Crippen molar-refractivity contribution < 1.29 is 0 Å². The molecule has 2 aromatic rings. The van der Waals surface area contributed by atoms with Gasteiger partial charge in [-0.15, -0.1) is 11.3 Å². The number of halogens is 1. The smallest absolute Gasteiger partial charge is 0.123 e. The van der Waals surface area contributed by atoms with Crippen LogP contribution in [-0.2, 0) is 12.8 Å². The van der Waals surface area contributed by atoms with Gasteiger partial charge in [-0.2, -0.15) is 0 Å². The molecule has 4 heteroatoms. The molecule has 2 nitrogen and oxygen atoms in total. The normalized spacial score (nSPS) is 19.1. The van der Waals surface area contributed by atoms with E-state index >= 15 is 0 Å². The van der Waals surface area contributed by atoms with E-state index in [0.717, 1.165) is 34.9 Å². The first-order valence-electron chi connectivity index (χ1n) is 5.72. The molecule has 0 bridgehead atoms. The zero-order valence-corrected chi connectivity index (χ0v) is 10.9. The molecule has 0 amide bonds. The minimum absolute atomic E-state index is 0.306. The second kappa shape index (κ2) is 4.41. The van der Waals surface area contributed by atoms with Crippen LogP contribution in [0.4, 0.5) is 0 Å². The molecule has 0 radical (unpaired) electrons. The van der Waals surface area contributed by atoms with Gasteiger partial charge in [-0.05, 0) is 31.4 Å². The highest BCUT2D eigenvalue weighted by molar-refractivity contribution is 7.15. The number of aromatic nitrogens is 1. The molecule has 1 unspecified atom stereocenters. The van der Waals surface area contributed by atoms with Gasteiger partial charge in [0.05, 0.1) is 5.69 Å². The van der Waals surface area contributed by atoms with Crippen LogP contribution in [0.25, 0.3) is 10.6 Å². The number of hydrogen-bond acceptors (Lipinski definition) is 3. The molecular formula is C13H13ClN2S. The van der Waals surface area contributed by atoms with Gasteiger partial charge in [-0.3, -0.25) is 0 Å². The first-order chi connectivity index (χ1) is 8.22. The first-order valence-corrected chi connectivity index (χ1v) is 6.92. The van der Waals surface area contributed by atoms with Crippen LogP contribution in [0.1, 0.15) is 17.0 Å². The Morgan fingerprint density at radius 2 is 2.06 bits per heavy atom. The number of nitrogens with two attached hydrogens (primary N) is 1. The molecule has 0 spiro atoms. The van der Waals surface area contributed by atoms with Crippen LogP contribution < -0.4 is 5.73 Å². The monoisotopic (exact) mass is 264 g/mol. The molecule has 3 rings (SSSR count). The van der Waals surface area contributed by atoms with Crippen LogP contribution in [0, 0.1) is 0 Å². The molecule has 1 aliphatic carbocycles. The van der Waals surface area contributed by atoms with Gasteiger partial charge in [0, 0.05) is 21.5 Å². The quantitative estimate of drug-likeness (QED) is 0.859. The summed E-state index contributed by atoms with van der Waals surface area (Å²) in [5, 5.41) is 1.85. The van der Waals surface area contributed by atoms with Gasteiger partial charge in [-0.1, -0.05) is 23.7 Å². The molecule has 1 heterocycles. The van der Waals surface area contributed by atoms with E-state index in [4.69, 9.17) is 22.3 Å². The Balaban J connectivity index is 1.97. The minimum Gasteiger partial charge on any atom is -0.327 e. The molecular weight excluding hydrogens is 252 g/mol. The fraction of sp³-hybridized carbons (Fsp3) is 0.308. The van der Waals surface area contributed by atoms with Gasteiger partial charge in [0.2, 0.25) is 0 Å². The van der Waals surface area contributed by atoms with E-state index in [9.17, 15) is 0 Å². The summed E-state index contributed by atoms with van der Waals surface area (Å²) < 4.78 is 0. The summed E-state index contributed by atoms with van der Waals surface area (Å²) in [6.45, 7) is 0. The molecule has 2 N–H and O–H groups in total. The van der Waals surface area contributed by atoms with Gasteiger partial charge in [0.25, 0.3) is 0 Å². The van der Waals surface area contributed by atoms with Crippen molar-refractivity contribution in [3.05, 3.63) is 39.9 Å². The Kier molecular flexibility index (Phi) is 2.90. The maximum absolute atomic E-state index is 5.98. The van der Waals surface area contributed by atoms with Crippen LogP contribution in [-0.4, -0.2) is 11.0 Å². The molecule has 17 heavy (non-hydrogen) atoms. The Morgan fingerprint density at radius 1 is 1.29 bits per heavy atom. The second-order valence-corrected chi connectivity index (χ2v) is 5.92. The lowest BCUT2D eigenvalue weighted by molar-refractivity contribution is 0.576. The lowest BCUT2D eigenvalue weighted by atomic mass is 9.99. The van der Waals surface area contributed by atoms with Gasteiger partial charge in [0.15, 0.2) is 0 Å². The van der Waals surface area contributed by atoms with E-state index in [1.54, 1.807) is 11.3 Å². The topological polar surface area (TPSA) is 38.9 Å². The lowest BCUT2D eigenvalue weighted by Crippen LogP contribution is -2.26. The van der Waals surface area contributed by atoms with E-state index in [0.29, 0.717) is 6.04 Å². The Morgan fingerprint density at radius 3 is 2.82 bits per heavy atom. The van der Waals surface area contributed by atoms with E-state index in [-0.39, 0.29) is 0 Å². The zero-order chi connectivity index (χ0) is 11.8. The highest BCUT2D eigenvalue weighted by Gasteiger charge is 2.20. The van der Waals surface area contributed by atoms with Crippen LogP contribution in [0.15, 0.2) is 24.3 Å².